The van der Waals surface area contributed by atoms with Crippen LogP contribution in [0.3, 0.4) is 0 Å². The van der Waals surface area contributed by atoms with Gasteiger partial charge in [0.1, 0.15) is 17.3 Å². The summed E-state index contributed by atoms with van der Waals surface area (Å²) in [7, 11) is 0. The highest BCUT2D eigenvalue weighted by Gasteiger charge is 2.37. The Bertz CT molecular complexity index is 1070. The summed E-state index contributed by atoms with van der Waals surface area (Å²) in [5.74, 6) is -1.68. The number of rotatable bonds is 5. The molecule has 11 heteroatoms. The number of hydrogen-bond donors (Lipinski definition) is 2. The van der Waals surface area contributed by atoms with Gasteiger partial charge in [0.05, 0.1) is 17.2 Å². The van der Waals surface area contributed by atoms with Gasteiger partial charge in [0, 0.05) is 24.5 Å². The van der Waals surface area contributed by atoms with Gasteiger partial charge >= 0.3 is 12.4 Å². The maximum absolute atomic E-state index is 13.3. The van der Waals surface area contributed by atoms with Crippen molar-refractivity contribution in [2.75, 3.05) is 6.54 Å². The highest BCUT2D eigenvalue weighted by molar-refractivity contribution is 5.86. The normalized spacial score (nSPS) is 13.6. The Morgan fingerprint density at radius 1 is 0.903 bits per heavy atom. The number of nitrogens with one attached hydrogen (secondary N) is 1. The number of hydrogen-bond acceptors (Lipinski definition) is 3. The second kappa shape index (κ2) is 8.39. The molecular weight excluding hydrogens is 436 g/mol. The van der Waals surface area contributed by atoms with E-state index in [1.54, 1.807) is 0 Å². The summed E-state index contributed by atoms with van der Waals surface area (Å²) in [6.07, 6.45) is -11.7. The van der Waals surface area contributed by atoms with Gasteiger partial charge in [0.15, 0.2) is 0 Å². The van der Waals surface area contributed by atoms with Crippen LogP contribution in [0, 0.1) is 11.6 Å². The molecule has 1 atom stereocenters. The van der Waals surface area contributed by atoms with E-state index in [0.717, 1.165) is 24.3 Å². The average Bonchev–Trinajstić information content (AvgIpc) is 2.64. The molecule has 0 spiro atoms. The summed E-state index contributed by atoms with van der Waals surface area (Å²) in [6, 6.07) is 5.89. The molecular formula is C20H14F8N2O. The zero-order valence-electron chi connectivity index (χ0n) is 15.5. The van der Waals surface area contributed by atoms with Crippen LogP contribution in [0.2, 0.25) is 0 Å². The van der Waals surface area contributed by atoms with Crippen molar-refractivity contribution in [3.63, 3.8) is 0 Å². The van der Waals surface area contributed by atoms with Gasteiger partial charge in [-0.25, -0.2) is 13.8 Å². The number of halogens is 8. The standard InChI is InChI=1S/C20H14F8N2O/c21-11-4-10(5-12(22)6-11)8-29-9-16(31)14-7-17(20(26,27)28)30-18-13(14)2-1-3-15(18)19(23,24)25/h1-7,16,29,31H,8-9H2. The lowest BCUT2D eigenvalue weighted by atomic mass is 9.99. The van der Waals surface area contributed by atoms with E-state index in [2.05, 4.69) is 10.3 Å². The van der Waals surface area contributed by atoms with Gasteiger partial charge in [0.2, 0.25) is 0 Å². The number of para-hydroxylation sites is 1. The van der Waals surface area contributed by atoms with Crippen LogP contribution in [0.1, 0.15) is 28.5 Å². The molecule has 0 saturated heterocycles. The lowest BCUT2D eigenvalue weighted by molar-refractivity contribution is -0.142. The summed E-state index contributed by atoms with van der Waals surface area (Å²) < 4.78 is 106. The molecule has 0 amide bonds. The number of fused-ring (bicyclic) bond motifs is 1. The van der Waals surface area contributed by atoms with E-state index < -0.39 is 59.0 Å². The van der Waals surface area contributed by atoms with Crippen LogP contribution in [-0.4, -0.2) is 16.6 Å². The predicted octanol–water partition coefficient (Wildman–Crippen LogP) is 5.37. The lowest BCUT2D eigenvalue weighted by Gasteiger charge is -2.19. The maximum Gasteiger partial charge on any atom is 0.433 e. The second-order valence-corrected chi connectivity index (χ2v) is 6.72. The van der Waals surface area contributed by atoms with Crippen molar-refractivity contribution in [3.8, 4) is 0 Å². The predicted molar refractivity (Wildman–Crippen MR) is 94.8 cm³/mol. The number of alkyl halides is 6. The van der Waals surface area contributed by atoms with Crippen LogP contribution in [0.5, 0.6) is 0 Å². The molecule has 2 N–H and O–H groups in total. The van der Waals surface area contributed by atoms with Gasteiger partial charge in [-0.2, -0.15) is 26.3 Å². The number of pyridine rings is 1. The lowest BCUT2D eigenvalue weighted by Crippen LogP contribution is -2.22. The van der Waals surface area contributed by atoms with Crippen LogP contribution < -0.4 is 5.32 Å². The fraction of sp³-hybridized carbons (Fsp3) is 0.250. The number of nitrogens with zero attached hydrogens (tertiary/aromatic N) is 1. The van der Waals surface area contributed by atoms with Gasteiger partial charge in [-0.1, -0.05) is 12.1 Å². The van der Waals surface area contributed by atoms with Crippen LogP contribution in [0.15, 0.2) is 42.5 Å². The van der Waals surface area contributed by atoms with E-state index in [-0.39, 0.29) is 17.5 Å². The summed E-state index contributed by atoms with van der Waals surface area (Å²) in [6.45, 7) is -0.542. The van der Waals surface area contributed by atoms with Gasteiger partial charge in [-0.3, -0.25) is 0 Å². The zero-order chi connectivity index (χ0) is 23.0. The van der Waals surface area contributed by atoms with Crippen LogP contribution in [0.4, 0.5) is 35.1 Å². The first-order valence-corrected chi connectivity index (χ1v) is 8.78. The maximum atomic E-state index is 13.3. The minimum atomic E-state index is -5.05. The third-order valence-electron chi connectivity index (χ3n) is 4.42. The smallest absolute Gasteiger partial charge is 0.387 e. The Balaban J connectivity index is 1.95. The molecule has 166 valence electrons. The monoisotopic (exact) mass is 450 g/mol. The molecule has 1 unspecified atom stereocenters. The number of aromatic nitrogens is 1. The fourth-order valence-electron chi connectivity index (χ4n) is 3.10. The van der Waals surface area contributed by atoms with E-state index in [1.807, 2.05) is 0 Å². The molecule has 2 aromatic carbocycles. The summed E-state index contributed by atoms with van der Waals surface area (Å²) in [4.78, 5) is 3.14. The van der Waals surface area contributed by atoms with Crippen molar-refractivity contribution in [1.29, 1.82) is 0 Å². The molecule has 1 aromatic heterocycles. The molecule has 31 heavy (non-hydrogen) atoms. The van der Waals surface area contributed by atoms with Crippen molar-refractivity contribution in [3.05, 3.63) is 76.5 Å². The molecule has 0 aliphatic heterocycles. The molecule has 3 aromatic rings. The Morgan fingerprint density at radius 2 is 1.55 bits per heavy atom. The topological polar surface area (TPSA) is 45.1 Å². The van der Waals surface area contributed by atoms with E-state index >= 15 is 0 Å². The summed E-state index contributed by atoms with van der Waals surface area (Å²) in [5, 5.41) is 12.7. The Hall–Kier alpha value is -2.79. The SMILES string of the molecule is OC(CNCc1cc(F)cc(F)c1)c1cc(C(F)(F)F)nc2c(C(F)(F)F)cccc12. The quantitative estimate of drug-likeness (QED) is 0.514. The van der Waals surface area contributed by atoms with Gasteiger partial charge < -0.3 is 10.4 Å². The summed E-state index contributed by atoms with van der Waals surface area (Å²) in [5.41, 5.74) is -4.14. The average molecular weight is 450 g/mol. The summed E-state index contributed by atoms with van der Waals surface area (Å²) >= 11 is 0. The van der Waals surface area contributed by atoms with Crippen LogP contribution >= 0.6 is 0 Å². The van der Waals surface area contributed by atoms with E-state index in [0.29, 0.717) is 18.2 Å². The van der Waals surface area contributed by atoms with Crippen molar-refractivity contribution in [2.24, 2.45) is 0 Å². The second-order valence-electron chi connectivity index (χ2n) is 6.72. The van der Waals surface area contributed by atoms with E-state index in [1.165, 1.54) is 0 Å². The number of aliphatic hydroxyl groups is 1. The molecule has 0 aliphatic carbocycles. The molecule has 3 rings (SSSR count). The minimum Gasteiger partial charge on any atom is -0.387 e. The third-order valence-corrected chi connectivity index (χ3v) is 4.42. The molecule has 0 bridgehead atoms. The first kappa shape index (κ1) is 22.9. The zero-order valence-corrected chi connectivity index (χ0v) is 15.5. The van der Waals surface area contributed by atoms with E-state index in [4.69, 9.17) is 0 Å². The molecule has 0 saturated carbocycles. The first-order chi connectivity index (χ1) is 14.4. The van der Waals surface area contributed by atoms with Gasteiger partial charge in [-0.15, -0.1) is 0 Å². The van der Waals surface area contributed by atoms with Crippen molar-refractivity contribution in [2.45, 2.75) is 25.0 Å². The third kappa shape index (κ3) is 5.28. The molecule has 0 fully saturated rings. The number of benzene rings is 2. The minimum absolute atomic E-state index is 0.144. The molecule has 0 radical (unpaired) electrons. The highest BCUT2D eigenvalue weighted by Crippen LogP contribution is 2.38. The number of aliphatic hydroxyl groups excluding tert-OH is 1. The van der Waals surface area contributed by atoms with Crippen LogP contribution in [-0.2, 0) is 18.9 Å². The highest BCUT2D eigenvalue weighted by atomic mass is 19.4. The van der Waals surface area contributed by atoms with Gasteiger partial charge in [0.25, 0.3) is 0 Å². The fourth-order valence-corrected chi connectivity index (χ4v) is 3.10. The largest absolute Gasteiger partial charge is 0.433 e. The van der Waals surface area contributed by atoms with Crippen LogP contribution in [0.25, 0.3) is 10.9 Å². The van der Waals surface area contributed by atoms with Crippen molar-refractivity contribution < 1.29 is 40.2 Å². The first-order valence-electron chi connectivity index (χ1n) is 8.78. The van der Waals surface area contributed by atoms with Crippen molar-refractivity contribution >= 4 is 10.9 Å². The van der Waals surface area contributed by atoms with Crippen molar-refractivity contribution in [1.82, 2.24) is 10.3 Å². The molecule has 3 nitrogen and oxygen atoms in total. The molecule has 0 aliphatic rings. The Labute approximate surface area is 170 Å². The molecule has 1 heterocycles. The Kier molecular flexibility index (Phi) is 6.19. The Morgan fingerprint density at radius 3 is 2.13 bits per heavy atom. The van der Waals surface area contributed by atoms with E-state index in [9.17, 15) is 40.2 Å². The van der Waals surface area contributed by atoms with Gasteiger partial charge in [-0.05, 0) is 35.4 Å².